The number of fused-ring (bicyclic) bond motifs is 1. The molecule has 0 radical (unpaired) electrons. The second kappa shape index (κ2) is 4.92. The molecular formula is C14H17ClN2. The lowest BCUT2D eigenvalue weighted by Crippen LogP contribution is -2.26. The average Bonchev–Trinajstić information content (AvgIpc) is 2.36. The van der Waals surface area contributed by atoms with Crippen LogP contribution in [0.5, 0.6) is 0 Å². The molecule has 0 N–H and O–H groups in total. The van der Waals surface area contributed by atoms with Gasteiger partial charge in [0, 0.05) is 24.2 Å². The van der Waals surface area contributed by atoms with Gasteiger partial charge in [0.25, 0.3) is 0 Å². The average molecular weight is 249 g/mol. The lowest BCUT2D eigenvalue weighted by Gasteiger charge is -2.25. The highest BCUT2D eigenvalue weighted by atomic mass is 35.5. The Morgan fingerprint density at radius 2 is 2.00 bits per heavy atom. The zero-order valence-electron chi connectivity index (χ0n) is 10.4. The maximum absolute atomic E-state index is 5.90. The first-order valence-corrected chi connectivity index (χ1v) is 6.34. The molecule has 1 aromatic carbocycles. The van der Waals surface area contributed by atoms with Crippen molar-refractivity contribution in [3.8, 4) is 0 Å². The van der Waals surface area contributed by atoms with E-state index < -0.39 is 0 Å². The molecule has 3 heteroatoms. The van der Waals surface area contributed by atoms with E-state index in [-0.39, 0.29) is 0 Å². The number of nitrogens with zero attached hydrogens (tertiary/aromatic N) is 2. The van der Waals surface area contributed by atoms with E-state index in [0.717, 1.165) is 11.2 Å². The number of alkyl halides is 1. The van der Waals surface area contributed by atoms with Crippen LogP contribution in [0.4, 0.5) is 5.69 Å². The molecule has 0 aliphatic rings. The van der Waals surface area contributed by atoms with E-state index in [9.17, 15) is 0 Å². The number of benzene rings is 1. The fourth-order valence-electron chi connectivity index (χ4n) is 1.85. The summed E-state index contributed by atoms with van der Waals surface area (Å²) >= 11 is 5.90. The van der Waals surface area contributed by atoms with E-state index in [0.29, 0.717) is 11.9 Å². The van der Waals surface area contributed by atoms with Gasteiger partial charge in [-0.3, -0.25) is 4.98 Å². The number of halogens is 1. The lowest BCUT2D eigenvalue weighted by molar-refractivity contribution is 0.756. The first kappa shape index (κ1) is 12.2. The molecule has 0 spiro atoms. The van der Waals surface area contributed by atoms with Gasteiger partial charge in [0.2, 0.25) is 0 Å². The van der Waals surface area contributed by atoms with Crippen molar-refractivity contribution in [2.24, 2.45) is 0 Å². The fraction of sp³-hybridized carbons (Fsp3) is 0.357. The van der Waals surface area contributed by atoms with E-state index in [1.807, 2.05) is 18.2 Å². The summed E-state index contributed by atoms with van der Waals surface area (Å²) < 4.78 is 0. The summed E-state index contributed by atoms with van der Waals surface area (Å²) in [6.07, 6.45) is 0. The summed E-state index contributed by atoms with van der Waals surface area (Å²) in [5.41, 5.74) is 3.13. The Labute approximate surface area is 107 Å². The van der Waals surface area contributed by atoms with Gasteiger partial charge in [0.05, 0.1) is 17.1 Å². The third-order valence-electron chi connectivity index (χ3n) is 3.04. The van der Waals surface area contributed by atoms with Crippen LogP contribution in [0.25, 0.3) is 10.9 Å². The van der Waals surface area contributed by atoms with Gasteiger partial charge < -0.3 is 4.90 Å². The molecule has 0 atom stereocenters. The van der Waals surface area contributed by atoms with Gasteiger partial charge in [0.1, 0.15) is 0 Å². The molecule has 90 valence electrons. The quantitative estimate of drug-likeness (QED) is 0.768. The molecule has 1 aromatic heterocycles. The zero-order chi connectivity index (χ0) is 12.4. The van der Waals surface area contributed by atoms with Crippen molar-refractivity contribution < 1.29 is 0 Å². The normalized spacial score (nSPS) is 11.1. The highest BCUT2D eigenvalue weighted by Gasteiger charge is 2.11. The van der Waals surface area contributed by atoms with Crippen LogP contribution in [0, 0.1) is 0 Å². The third kappa shape index (κ3) is 2.37. The summed E-state index contributed by atoms with van der Waals surface area (Å²) in [5, 5.41) is 1.18. The van der Waals surface area contributed by atoms with E-state index in [1.165, 1.54) is 11.1 Å². The summed E-state index contributed by atoms with van der Waals surface area (Å²) in [6, 6.07) is 10.7. The highest BCUT2D eigenvalue weighted by molar-refractivity contribution is 6.17. The number of para-hydroxylation sites is 1. The van der Waals surface area contributed by atoms with Crippen LogP contribution < -0.4 is 4.90 Å². The van der Waals surface area contributed by atoms with E-state index >= 15 is 0 Å². The van der Waals surface area contributed by atoms with Gasteiger partial charge in [-0.15, -0.1) is 11.6 Å². The Bertz CT molecular complexity index is 523. The Balaban J connectivity index is 2.66. The Hall–Kier alpha value is -1.28. The minimum Gasteiger partial charge on any atom is -0.372 e. The molecule has 0 aliphatic carbocycles. The molecule has 0 saturated heterocycles. The Kier molecular flexibility index (Phi) is 3.53. The molecule has 1 heterocycles. The molecule has 17 heavy (non-hydrogen) atoms. The van der Waals surface area contributed by atoms with Crippen LogP contribution in [0.1, 0.15) is 19.5 Å². The van der Waals surface area contributed by atoms with Crippen LogP contribution in [0.2, 0.25) is 0 Å². The minimum atomic E-state index is 0.448. The van der Waals surface area contributed by atoms with Crippen molar-refractivity contribution in [2.75, 3.05) is 11.9 Å². The Morgan fingerprint density at radius 3 is 2.65 bits per heavy atom. The third-order valence-corrected chi connectivity index (χ3v) is 3.31. The van der Waals surface area contributed by atoms with Gasteiger partial charge in [-0.2, -0.15) is 0 Å². The van der Waals surface area contributed by atoms with Crippen molar-refractivity contribution in [1.29, 1.82) is 0 Å². The molecule has 0 unspecified atom stereocenters. The highest BCUT2D eigenvalue weighted by Crippen LogP contribution is 2.27. The summed E-state index contributed by atoms with van der Waals surface area (Å²) in [4.78, 5) is 6.79. The monoisotopic (exact) mass is 248 g/mol. The largest absolute Gasteiger partial charge is 0.372 e. The first-order chi connectivity index (χ1) is 8.13. The molecule has 2 rings (SSSR count). The van der Waals surface area contributed by atoms with Gasteiger partial charge in [-0.25, -0.2) is 0 Å². The van der Waals surface area contributed by atoms with Crippen molar-refractivity contribution in [3.05, 3.63) is 36.0 Å². The molecule has 2 nitrogen and oxygen atoms in total. The molecule has 0 fully saturated rings. The van der Waals surface area contributed by atoms with E-state index in [4.69, 9.17) is 11.6 Å². The van der Waals surface area contributed by atoms with Gasteiger partial charge in [-0.1, -0.05) is 18.2 Å². The molecule has 0 aliphatic heterocycles. The number of rotatable bonds is 3. The summed E-state index contributed by atoms with van der Waals surface area (Å²) in [6.45, 7) is 4.35. The summed E-state index contributed by atoms with van der Waals surface area (Å²) in [5.74, 6) is 0.448. The van der Waals surface area contributed by atoms with Gasteiger partial charge in [-0.05, 0) is 26.0 Å². The van der Waals surface area contributed by atoms with Gasteiger partial charge >= 0.3 is 0 Å². The van der Waals surface area contributed by atoms with Crippen LogP contribution >= 0.6 is 11.6 Å². The molecule has 0 bridgehead atoms. The zero-order valence-corrected chi connectivity index (χ0v) is 11.2. The predicted molar refractivity (Wildman–Crippen MR) is 74.8 cm³/mol. The van der Waals surface area contributed by atoms with Crippen molar-refractivity contribution >= 4 is 28.2 Å². The van der Waals surface area contributed by atoms with Crippen LogP contribution in [0.3, 0.4) is 0 Å². The lowest BCUT2D eigenvalue weighted by atomic mass is 10.1. The van der Waals surface area contributed by atoms with E-state index in [2.05, 4.69) is 42.9 Å². The van der Waals surface area contributed by atoms with Crippen molar-refractivity contribution in [2.45, 2.75) is 25.8 Å². The second-order valence-electron chi connectivity index (χ2n) is 4.49. The van der Waals surface area contributed by atoms with Crippen LogP contribution in [-0.2, 0) is 5.88 Å². The second-order valence-corrected chi connectivity index (χ2v) is 4.76. The number of pyridine rings is 1. The molecule has 0 saturated carbocycles. The maximum atomic E-state index is 5.90. The van der Waals surface area contributed by atoms with Crippen molar-refractivity contribution in [1.82, 2.24) is 4.98 Å². The van der Waals surface area contributed by atoms with Crippen molar-refractivity contribution in [3.63, 3.8) is 0 Å². The standard InChI is InChI=1S/C14H17ClN2/c1-10(2)17(3)14-8-11(9-15)16-13-7-5-4-6-12(13)14/h4-8,10H,9H2,1-3H3. The summed E-state index contributed by atoms with van der Waals surface area (Å²) in [7, 11) is 2.10. The molecule has 2 aromatic rings. The first-order valence-electron chi connectivity index (χ1n) is 5.81. The topological polar surface area (TPSA) is 16.1 Å². The van der Waals surface area contributed by atoms with Gasteiger partial charge in [0.15, 0.2) is 0 Å². The van der Waals surface area contributed by atoms with E-state index in [1.54, 1.807) is 0 Å². The Morgan fingerprint density at radius 1 is 1.29 bits per heavy atom. The number of anilines is 1. The smallest absolute Gasteiger partial charge is 0.0726 e. The SMILES string of the molecule is CC(C)N(C)c1cc(CCl)nc2ccccc12. The fourth-order valence-corrected chi connectivity index (χ4v) is 1.99. The molecule has 0 amide bonds. The number of aromatic nitrogens is 1. The molecular weight excluding hydrogens is 232 g/mol. The van der Waals surface area contributed by atoms with Crippen LogP contribution in [-0.4, -0.2) is 18.1 Å². The number of hydrogen-bond donors (Lipinski definition) is 0. The minimum absolute atomic E-state index is 0.448. The predicted octanol–water partition coefficient (Wildman–Crippen LogP) is 3.82. The van der Waals surface area contributed by atoms with Crippen LogP contribution in [0.15, 0.2) is 30.3 Å². The number of hydrogen-bond acceptors (Lipinski definition) is 2. The maximum Gasteiger partial charge on any atom is 0.0726 e.